The number of carbonyl (C=O) groups is 2. The fourth-order valence-electron chi connectivity index (χ4n) is 2.79. The smallest absolute Gasteiger partial charge is 0.420 e. The van der Waals surface area contributed by atoms with E-state index in [2.05, 4.69) is 21.3 Å². The Hall–Kier alpha value is -4.76. The minimum Gasteiger partial charge on any atom is -0.506 e. The van der Waals surface area contributed by atoms with Gasteiger partial charge in [0.1, 0.15) is 5.75 Å². The lowest BCUT2D eigenvalue weighted by Gasteiger charge is -2.14. The third-order valence-corrected chi connectivity index (χ3v) is 4.88. The maximum Gasteiger partial charge on any atom is 0.420 e. The summed E-state index contributed by atoms with van der Waals surface area (Å²) in [5.41, 5.74) is -1.54. The number of anilines is 3. The second kappa shape index (κ2) is 13.7. The molecule has 0 saturated carbocycles. The molecule has 0 spiro atoms. The number of nitro benzene ring substituents is 1. The molecule has 0 atom stereocenters. The molecule has 208 valence electrons. The Morgan fingerprint density at radius 1 is 0.897 bits per heavy atom. The molecule has 16 heteroatoms. The molecule has 0 aliphatic carbocycles. The highest BCUT2D eigenvalue weighted by atomic mass is 35.5. The minimum atomic E-state index is -4.72. The molecule has 39 heavy (non-hydrogen) atoms. The summed E-state index contributed by atoms with van der Waals surface area (Å²) in [5.74, 6) is -1.46. The Labute approximate surface area is 223 Å². The first-order chi connectivity index (χ1) is 18.3. The van der Waals surface area contributed by atoms with Gasteiger partial charge < -0.3 is 36.6 Å². The molecule has 0 aliphatic rings. The summed E-state index contributed by atoms with van der Waals surface area (Å²) in [5, 5.41) is 47.2. The maximum absolute atomic E-state index is 12.7. The lowest BCUT2D eigenvalue weighted by atomic mass is 10.1. The van der Waals surface area contributed by atoms with E-state index >= 15 is 0 Å². The number of phenols is 2. The van der Waals surface area contributed by atoms with Gasteiger partial charge in [-0.3, -0.25) is 10.1 Å². The number of amides is 4. The van der Waals surface area contributed by atoms with Crippen LogP contribution >= 0.6 is 11.6 Å². The number of halogens is 4. The number of nitro groups is 1. The number of benzene rings is 3. The largest absolute Gasteiger partial charge is 0.506 e. The predicted molar refractivity (Wildman–Crippen MR) is 136 cm³/mol. The average Bonchev–Trinajstić information content (AvgIpc) is 2.86. The molecule has 0 aliphatic heterocycles. The van der Waals surface area contributed by atoms with Gasteiger partial charge in [-0.05, 0) is 30.3 Å². The van der Waals surface area contributed by atoms with Gasteiger partial charge in [-0.2, -0.15) is 13.2 Å². The van der Waals surface area contributed by atoms with Crippen molar-refractivity contribution in [3.8, 4) is 11.5 Å². The van der Waals surface area contributed by atoms with Gasteiger partial charge in [0.25, 0.3) is 5.69 Å². The van der Waals surface area contributed by atoms with Crippen molar-refractivity contribution in [2.24, 2.45) is 0 Å². The zero-order valence-electron chi connectivity index (χ0n) is 19.6. The van der Waals surface area contributed by atoms with E-state index < -0.39 is 40.2 Å². The van der Waals surface area contributed by atoms with Gasteiger partial charge in [-0.25, -0.2) is 9.59 Å². The van der Waals surface area contributed by atoms with Crippen molar-refractivity contribution in [3.63, 3.8) is 0 Å². The van der Waals surface area contributed by atoms with Gasteiger partial charge in [0, 0.05) is 12.6 Å². The first-order valence-electron chi connectivity index (χ1n) is 10.7. The van der Waals surface area contributed by atoms with Crippen molar-refractivity contribution in [1.82, 2.24) is 5.32 Å². The third kappa shape index (κ3) is 9.24. The quantitative estimate of drug-likeness (QED) is 0.121. The van der Waals surface area contributed by atoms with Crippen LogP contribution in [0.15, 0.2) is 60.7 Å². The topological polar surface area (TPSA) is 186 Å². The molecule has 0 aromatic heterocycles. The molecular weight excluding hydrogens is 551 g/mol. The summed E-state index contributed by atoms with van der Waals surface area (Å²) in [6.07, 6.45) is -4.72. The van der Waals surface area contributed by atoms with E-state index in [1.165, 1.54) is 12.1 Å². The number of nitrogens with one attached hydrogen (secondary N) is 4. The number of non-ortho nitro benzene ring substituents is 1. The van der Waals surface area contributed by atoms with Crippen LogP contribution in [0.5, 0.6) is 11.5 Å². The number of aromatic hydroxyl groups is 2. The Morgan fingerprint density at radius 2 is 1.51 bits per heavy atom. The number of para-hydroxylation sites is 2. The molecule has 0 unspecified atom stereocenters. The van der Waals surface area contributed by atoms with Crippen LogP contribution in [0.25, 0.3) is 0 Å². The molecule has 7 N–H and O–H groups in total. The van der Waals surface area contributed by atoms with Gasteiger partial charge in [0.05, 0.1) is 45.2 Å². The van der Waals surface area contributed by atoms with E-state index in [-0.39, 0.29) is 40.9 Å². The van der Waals surface area contributed by atoms with E-state index in [1.807, 2.05) is 0 Å². The molecular formula is C23H21ClF3N5O7. The summed E-state index contributed by atoms with van der Waals surface area (Å²) in [7, 11) is 0. The highest BCUT2D eigenvalue weighted by Gasteiger charge is 2.34. The highest BCUT2D eigenvalue weighted by Crippen LogP contribution is 2.39. The second-order valence-corrected chi connectivity index (χ2v) is 7.73. The molecule has 3 rings (SSSR count). The van der Waals surface area contributed by atoms with Crippen LogP contribution in [0.1, 0.15) is 5.56 Å². The number of aliphatic hydroxyl groups is 1. The average molecular weight is 572 g/mol. The molecule has 0 heterocycles. The number of nitrogens with zero attached hydrogens (tertiary/aromatic N) is 1. The predicted octanol–water partition coefficient (Wildman–Crippen LogP) is 5.12. The number of hydrogen-bond donors (Lipinski definition) is 7. The van der Waals surface area contributed by atoms with Crippen LogP contribution in [0.2, 0.25) is 5.02 Å². The standard InChI is InChI=1S/C14H10ClF3N2O2.C9H11N3O5/c15-9-5-1-2-6-10(9)19-13(22)20-11-7-3-4-8(12(11)21)14(16,17)18;13-4-3-10-9(15)11-7-2-1-6(12(16)17)5-8(7)14/h1-7,21H,(H2,19,20,22);1-2,5,13-14H,3-4H2,(H2,10,11,15). The van der Waals surface area contributed by atoms with Crippen LogP contribution < -0.4 is 21.3 Å². The van der Waals surface area contributed by atoms with Crippen molar-refractivity contribution in [2.45, 2.75) is 6.18 Å². The fourth-order valence-corrected chi connectivity index (χ4v) is 2.97. The summed E-state index contributed by atoms with van der Waals surface area (Å²) in [4.78, 5) is 32.7. The van der Waals surface area contributed by atoms with Crippen LogP contribution in [-0.2, 0) is 6.18 Å². The Balaban J connectivity index is 0.000000283. The van der Waals surface area contributed by atoms with Gasteiger partial charge in [-0.1, -0.05) is 29.8 Å². The van der Waals surface area contributed by atoms with Crippen LogP contribution in [-0.4, -0.2) is 45.5 Å². The van der Waals surface area contributed by atoms with Gasteiger partial charge in [0.2, 0.25) is 0 Å². The summed E-state index contributed by atoms with van der Waals surface area (Å²) in [6, 6.07) is 11.1. The van der Waals surface area contributed by atoms with Gasteiger partial charge in [-0.15, -0.1) is 0 Å². The molecule has 0 saturated heterocycles. The van der Waals surface area contributed by atoms with E-state index in [0.29, 0.717) is 6.07 Å². The van der Waals surface area contributed by atoms with Gasteiger partial charge in [0.15, 0.2) is 5.75 Å². The highest BCUT2D eigenvalue weighted by molar-refractivity contribution is 6.33. The molecule has 0 bridgehead atoms. The number of carbonyl (C=O) groups excluding carboxylic acids is 2. The minimum absolute atomic E-state index is 0.0473. The van der Waals surface area contributed by atoms with Crippen LogP contribution in [0.3, 0.4) is 0 Å². The second-order valence-electron chi connectivity index (χ2n) is 7.32. The summed E-state index contributed by atoms with van der Waals surface area (Å²) >= 11 is 5.85. The molecule has 12 nitrogen and oxygen atoms in total. The van der Waals surface area contributed by atoms with E-state index in [4.69, 9.17) is 16.7 Å². The lowest BCUT2D eigenvalue weighted by Crippen LogP contribution is -2.30. The Bertz CT molecular complexity index is 1340. The lowest BCUT2D eigenvalue weighted by molar-refractivity contribution is -0.384. The van der Waals surface area contributed by atoms with Crippen molar-refractivity contribution in [3.05, 3.63) is 81.4 Å². The van der Waals surface area contributed by atoms with E-state index in [0.717, 1.165) is 24.3 Å². The number of rotatable bonds is 6. The fraction of sp³-hybridized carbons (Fsp3) is 0.130. The Morgan fingerprint density at radius 3 is 2.10 bits per heavy atom. The van der Waals surface area contributed by atoms with E-state index in [1.54, 1.807) is 18.2 Å². The zero-order chi connectivity index (χ0) is 29.2. The van der Waals surface area contributed by atoms with Crippen LogP contribution in [0.4, 0.5) is 45.5 Å². The molecule has 4 amide bonds. The van der Waals surface area contributed by atoms with E-state index in [9.17, 15) is 43.1 Å². The monoisotopic (exact) mass is 571 g/mol. The molecule has 3 aromatic carbocycles. The number of hydrogen-bond acceptors (Lipinski definition) is 7. The zero-order valence-corrected chi connectivity index (χ0v) is 20.4. The van der Waals surface area contributed by atoms with Crippen molar-refractivity contribution in [1.29, 1.82) is 0 Å². The van der Waals surface area contributed by atoms with Gasteiger partial charge >= 0.3 is 18.2 Å². The molecule has 0 fully saturated rings. The first kappa shape index (κ1) is 30.5. The van der Waals surface area contributed by atoms with Crippen molar-refractivity contribution < 1.29 is 43.0 Å². The number of aliphatic hydroxyl groups excluding tert-OH is 1. The number of phenolic OH excluding ortho intramolecular Hbond substituents is 2. The number of alkyl halides is 3. The van der Waals surface area contributed by atoms with Crippen molar-refractivity contribution >= 4 is 46.4 Å². The van der Waals surface area contributed by atoms with Crippen molar-refractivity contribution in [2.75, 3.05) is 29.1 Å². The molecule has 0 radical (unpaired) electrons. The summed E-state index contributed by atoms with van der Waals surface area (Å²) < 4.78 is 38.0. The maximum atomic E-state index is 12.7. The normalized spacial score (nSPS) is 10.5. The summed E-state index contributed by atoms with van der Waals surface area (Å²) in [6.45, 7) is -0.140. The molecule has 3 aromatic rings. The third-order valence-electron chi connectivity index (χ3n) is 4.55. The Kier molecular flexibility index (Phi) is 10.7. The first-order valence-corrected chi connectivity index (χ1v) is 11.1. The number of urea groups is 2. The van der Waals surface area contributed by atoms with Crippen LogP contribution in [0, 0.1) is 10.1 Å². The SMILES string of the molecule is O=C(NCCO)Nc1ccc([N+](=O)[O-])cc1O.O=C(Nc1ccccc1Cl)Nc1cccc(C(F)(F)F)c1O.